The number of nitrogens with zero attached hydrogens (tertiary/aromatic N) is 1. The Hall–Kier alpha value is -1.59. The molecule has 1 N–H and O–H groups in total. The summed E-state index contributed by atoms with van der Waals surface area (Å²) in [5.74, 6) is -0.973. The summed E-state index contributed by atoms with van der Waals surface area (Å²) in [6.45, 7) is 1.48. The summed E-state index contributed by atoms with van der Waals surface area (Å²) in [6.07, 6.45) is 2.40. The molecular weight excluding hydrogens is 250 g/mol. The third kappa shape index (κ3) is 3.21. The molecule has 0 aromatic carbocycles. The molecule has 0 aliphatic heterocycles. The minimum atomic E-state index is -1.01. The fourth-order valence-corrected chi connectivity index (χ4v) is 2.47. The van der Waals surface area contributed by atoms with E-state index in [9.17, 15) is 4.79 Å². The van der Waals surface area contributed by atoms with Gasteiger partial charge in [0.15, 0.2) is 0 Å². The van der Waals surface area contributed by atoms with Gasteiger partial charge in [-0.05, 0) is 31.0 Å². The first kappa shape index (κ1) is 12.9. The van der Waals surface area contributed by atoms with Crippen molar-refractivity contribution in [1.29, 1.82) is 0 Å². The SMILES string of the molecule is CN(CCc1cccs1)Cc1ccoc1C(=O)O. The maximum atomic E-state index is 10.9. The van der Waals surface area contributed by atoms with E-state index in [1.54, 1.807) is 17.4 Å². The standard InChI is InChI=1S/C13H15NO3S/c1-14(6-4-11-3-2-8-18-11)9-10-5-7-17-12(10)13(15)16/h2-3,5,7-8H,4,6,9H2,1H3,(H,15,16). The molecule has 2 heterocycles. The zero-order valence-corrected chi connectivity index (χ0v) is 10.9. The number of likely N-dealkylation sites (N-methyl/N-ethyl adjacent to an activating group) is 1. The predicted molar refractivity (Wildman–Crippen MR) is 70.0 cm³/mol. The van der Waals surface area contributed by atoms with Gasteiger partial charge in [0.2, 0.25) is 5.76 Å². The van der Waals surface area contributed by atoms with Gasteiger partial charge in [0.05, 0.1) is 6.26 Å². The molecule has 18 heavy (non-hydrogen) atoms. The zero-order chi connectivity index (χ0) is 13.0. The van der Waals surface area contributed by atoms with E-state index < -0.39 is 5.97 Å². The second kappa shape index (κ2) is 5.84. The number of thiophene rings is 1. The van der Waals surface area contributed by atoms with Crippen LogP contribution in [0.5, 0.6) is 0 Å². The molecule has 5 heteroatoms. The van der Waals surface area contributed by atoms with Crippen LogP contribution in [0.3, 0.4) is 0 Å². The Balaban J connectivity index is 1.88. The lowest BCUT2D eigenvalue weighted by atomic mass is 10.2. The fourth-order valence-electron chi connectivity index (χ4n) is 1.77. The van der Waals surface area contributed by atoms with Crippen molar-refractivity contribution in [2.75, 3.05) is 13.6 Å². The average molecular weight is 265 g/mol. The largest absolute Gasteiger partial charge is 0.475 e. The number of hydrogen-bond donors (Lipinski definition) is 1. The van der Waals surface area contributed by atoms with E-state index in [0.717, 1.165) is 18.5 Å². The van der Waals surface area contributed by atoms with Gasteiger partial charge in [0, 0.05) is 23.5 Å². The van der Waals surface area contributed by atoms with Crippen molar-refractivity contribution in [1.82, 2.24) is 4.90 Å². The van der Waals surface area contributed by atoms with Crippen molar-refractivity contribution in [3.05, 3.63) is 46.0 Å². The van der Waals surface area contributed by atoms with Gasteiger partial charge in [0.25, 0.3) is 0 Å². The van der Waals surface area contributed by atoms with Gasteiger partial charge in [-0.25, -0.2) is 4.79 Å². The summed E-state index contributed by atoms with van der Waals surface area (Å²) < 4.78 is 4.95. The van der Waals surface area contributed by atoms with Crippen LogP contribution in [0.15, 0.2) is 34.3 Å². The van der Waals surface area contributed by atoms with Crippen molar-refractivity contribution in [2.24, 2.45) is 0 Å². The topological polar surface area (TPSA) is 53.7 Å². The van der Waals surface area contributed by atoms with Crippen LogP contribution in [-0.4, -0.2) is 29.6 Å². The minimum Gasteiger partial charge on any atom is -0.475 e. The van der Waals surface area contributed by atoms with Crippen molar-refractivity contribution in [3.8, 4) is 0 Å². The highest BCUT2D eigenvalue weighted by atomic mass is 32.1. The molecule has 0 saturated heterocycles. The second-order valence-corrected chi connectivity index (χ2v) is 5.18. The second-order valence-electron chi connectivity index (χ2n) is 4.15. The van der Waals surface area contributed by atoms with Gasteiger partial charge in [0.1, 0.15) is 0 Å². The van der Waals surface area contributed by atoms with Gasteiger partial charge in [-0.1, -0.05) is 6.07 Å². The third-order valence-corrected chi connectivity index (χ3v) is 3.64. The van der Waals surface area contributed by atoms with E-state index in [1.807, 2.05) is 13.1 Å². The van der Waals surface area contributed by atoms with E-state index in [2.05, 4.69) is 16.3 Å². The first-order chi connectivity index (χ1) is 8.66. The molecule has 0 fully saturated rings. The van der Waals surface area contributed by atoms with Gasteiger partial charge >= 0.3 is 5.97 Å². The van der Waals surface area contributed by atoms with Gasteiger partial charge < -0.3 is 14.4 Å². The lowest BCUT2D eigenvalue weighted by Crippen LogP contribution is -2.21. The van der Waals surface area contributed by atoms with Crippen LogP contribution < -0.4 is 0 Å². The Morgan fingerprint density at radius 1 is 1.50 bits per heavy atom. The van der Waals surface area contributed by atoms with Crippen molar-refractivity contribution >= 4 is 17.3 Å². The van der Waals surface area contributed by atoms with Crippen LogP contribution in [0.2, 0.25) is 0 Å². The Labute approximate surface area is 109 Å². The first-order valence-corrected chi connectivity index (χ1v) is 6.55. The van der Waals surface area contributed by atoms with Crippen LogP contribution in [-0.2, 0) is 13.0 Å². The van der Waals surface area contributed by atoms with Crippen LogP contribution in [0.1, 0.15) is 21.0 Å². The summed E-state index contributed by atoms with van der Waals surface area (Å²) in [6, 6.07) is 5.86. The molecule has 0 unspecified atom stereocenters. The highest BCUT2D eigenvalue weighted by Crippen LogP contribution is 2.14. The highest BCUT2D eigenvalue weighted by Gasteiger charge is 2.15. The maximum absolute atomic E-state index is 10.9. The number of hydrogen-bond acceptors (Lipinski definition) is 4. The van der Waals surface area contributed by atoms with Crippen molar-refractivity contribution < 1.29 is 14.3 Å². The van der Waals surface area contributed by atoms with Crippen LogP contribution in [0, 0.1) is 0 Å². The van der Waals surface area contributed by atoms with E-state index in [-0.39, 0.29) is 5.76 Å². The monoisotopic (exact) mass is 265 g/mol. The number of furan rings is 1. The predicted octanol–water partition coefficient (Wildman–Crippen LogP) is 2.71. The summed E-state index contributed by atoms with van der Waals surface area (Å²) in [5, 5.41) is 11.0. The molecule has 0 spiro atoms. The van der Waals surface area contributed by atoms with E-state index >= 15 is 0 Å². The maximum Gasteiger partial charge on any atom is 0.372 e. The van der Waals surface area contributed by atoms with Crippen LogP contribution >= 0.6 is 11.3 Å². The number of aromatic carboxylic acids is 1. The van der Waals surface area contributed by atoms with E-state index in [0.29, 0.717) is 6.54 Å². The quantitative estimate of drug-likeness (QED) is 0.872. The molecular formula is C13H15NO3S. The van der Waals surface area contributed by atoms with Gasteiger partial charge in [-0.2, -0.15) is 0 Å². The first-order valence-electron chi connectivity index (χ1n) is 5.67. The molecule has 0 saturated carbocycles. The normalized spacial score (nSPS) is 11.0. The van der Waals surface area contributed by atoms with Crippen LogP contribution in [0.25, 0.3) is 0 Å². The van der Waals surface area contributed by atoms with E-state index in [1.165, 1.54) is 11.1 Å². The lowest BCUT2D eigenvalue weighted by molar-refractivity contribution is 0.0659. The van der Waals surface area contributed by atoms with Gasteiger partial charge in [-0.15, -0.1) is 11.3 Å². The zero-order valence-electron chi connectivity index (χ0n) is 10.1. The lowest BCUT2D eigenvalue weighted by Gasteiger charge is -2.15. The number of rotatable bonds is 6. The molecule has 2 rings (SSSR count). The van der Waals surface area contributed by atoms with Crippen molar-refractivity contribution in [2.45, 2.75) is 13.0 Å². The molecule has 0 bridgehead atoms. The van der Waals surface area contributed by atoms with Crippen LogP contribution in [0.4, 0.5) is 0 Å². The van der Waals surface area contributed by atoms with E-state index in [4.69, 9.17) is 9.52 Å². The molecule has 0 radical (unpaired) electrons. The third-order valence-electron chi connectivity index (χ3n) is 2.70. The summed E-state index contributed by atoms with van der Waals surface area (Å²) in [4.78, 5) is 14.3. The fraction of sp³-hybridized carbons (Fsp3) is 0.308. The molecule has 2 aromatic rings. The Bertz CT molecular complexity index is 504. The van der Waals surface area contributed by atoms with Gasteiger partial charge in [-0.3, -0.25) is 0 Å². The Morgan fingerprint density at radius 2 is 2.33 bits per heavy atom. The molecule has 96 valence electrons. The molecule has 0 aliphatic carbocycles. The molecule has 0 aliphatic rings. The minimum absolute atomic E-state index is 0.0398. The number of carbonyl (C=O) groups is 1. The smallest absolute Gasteiger partial charge is 0.372 e. The number of carboxylic acid groups (broad SMARTS) is 1. The Morgan fingerprint density at radius 3 is 3.00 bits per heavy atom. The number of carboxylic acids is 1. The molecule has 0 atom stereocenters. The average Bonchev–Trinajstić information content (AvgIpc) is 2.96. The van der Waals surface area contributed by atoms with Crippen molar-refractivity contribution in [3.63, 3.8) is 0 Å². The molecule has 4 nitrogen and oxygen atoms in total. The highest BCUT2D eigenvalue weighted by molar-refractivity contribution is 7.09. The summed E-state index contributed by atoms with van der Waals surface area (Å²) in [5.41, 5.74) is 0.719. The Kier molecular flexibility index (Phi) is 4.17. The molecule has 0 amide bonds. The molecule has 2 aromatic heterocycles. The summed E-state index contributed by atoms with van der Waals surface area (Å²) in [7, 11) is 1.98. The summed E-state index contributed by atoms with van der Waals surface area (Å²) >= 11 is 1.74.